The minimum absolute atomic E-state index is 0.478. The third kappa shape index (κ3) is 2.31. The first-order valence-electron chi connectivity index (χ1n) is 4.70. The van der Waals surface area contributed by atoms with E-state index in [1.807, 2.05) is 31.2 Å². The normalized spacial score (nSPS) is 10.0. The van der Waals surface area contributed by atoms with Gasteiger partial charge in [-0.05, 0) is 24.6 Å². The molecule has 0 amide bonds. The van der Waals surface area contributed by atoms with Crippen LogP contribution in [-0.2, 0) is 0 Å². The first kappa shape index (κ1) is 9.65. The maximum Gasteiger partial charge on any atom is 0.214 e. The van der Waals surface area contributed by atoms with Crippen LogP contribution < -0.4 is 5.32 Å². The summed E-state index contributed by atoms with van der Waals surface area (Å²) in [4.78, 5) is 3.50. The number of anilines is 2. The molecule has 0 saturated carbocycles. The molecule has 0 atom stereocenters. The van der Waals surface area contributed by atoms with Crippen molar-refractivity contribution in [3.8, 4) is 0 Å². The van der Waals surface area contributed by atoms with E-state index in [9.17, 15) is 4.39 Å². The fourth-order valence-corrected chi connectivity index (χ4v) is 1.35. The number of aromatic nitrogens is 1. The molecule has 0 saturated heterocycles. The lowest BCUT2D eigenvalue weighted by Gasteiger charge is -2.08. The molecule has 0 radical (unpaired) electrons. The summed E-state index contributed by atoms with van der Waals surface area (Å²) in [7, 11) is 0. The number of nitrogens with one attached hydrogen (secondary N) is 1. The summed E-state index contributed by atoms with van der Waals surface area (Å²) in [6, 6.07) is 11.0. The summed E-state index contributed by atoms with van der Waals surface area (Å²) in [5.74, 6) is -0.478. The molecule has 3 heteroatoms. The van der Waals surface area contributed by atoms with Crippen LogP contribution in [0.2, 0.25) is 0 Å². The van der Waals surface area contributed by atoms with Gasteiger partial charge < -0.3 is 5.32 Å². The van der Waals surface area contributed by atoms with E-state index in [1.54, 1.807) is 6.07 Å². The Labute approximate surface area is 87.8 Å². The number of nitrogens with zero attached hydrogens (tertiary/aromatic N) is 1. The third-order valence-corrected chi connectivity index (χ3v) is 2.15. The van der Waals surface area contributed by atoms with Gasteiger partial charge in [-0.3, -0.25) is 0 Å². The van der Waals surface area contributed by atoms with Crippen molar-refractivity contribution in [2.45, 2.75) is 6.92 Å². The first-order chi connectivity index (χ1) is 7.25. The Bertz CT molecular complexity index is 469. The Hall–Kier alpha value is -1.90. The van der Waals surface area contributed by atoms with Crippen molar-refractivity contribution in [1.82, 2.24) is 4.98 Å². The Morgan fingerprint density at radius 1 is 1.20 bits per heavy atom. The molecule has 15 heavy (non-hydrogen) atoms. The minimum Gasteiger partial charge on any atom is -0.355 e. The largest absolute Gasteiger partial charge is 0.355 e. The summed E-state index contributed by atoms with van der Waals surface area (Å²) >= 11 is 0. The average Bonchev–Trinajstić information content (AvgIpc) is 2.22. The number of aryl methyl sites for hydroxylation is 1. The number of rotatable bonds is 2. The topological polar surface area (TPSA) is 24.9 Å². The van der Waals surface area contributed by atoms with Gasteiger partial charge in [0, 0.05) is 23.6 Å². The molecular weight excluding hydrogens is 191 g/mol. The van der Waals surface area contributed by atoms with E-state index in [4.69, 9.17) is 0 Å². The molecule has 0 aliphatic rings. The average molecular weight is 202 g/mol. The summed E-state index contributed by atoms with van der Waals surface area (Å²) in [6.45, 7) is 2.00. The fourth-order valence-electron chi connectivity index (χ4n) is 1.35. The van der Waals surface area contributed by atoms with Crippen LogP contribution in [0, 0.1) is 12.9 Å². The van der Waals surface area contributed by atoms with Crippen LogP contribution in [0.4, 0.5) is 15.8 Å². The zero-order valence-electron chi connectivity index (χ0n) is 8.37. The number of hydrogen-bond donors (Lipinski definition) is 1. The maximum atomic E-state index is 12.8. The van der Waals surface area contributed by atoms with Crippen molar-refractivity contribution in [2.75, 3.05) is 5.32 Å². The van der Waals surface area contributed by atoms with E-state index in [0.29, 0.717) is 5.69 Å². The van der Waals surface area contributed by atoms with Crippen LogP contribution in [0.5, 0.6) is 0 Å². The highest BCUT2D eigenvalue weighted by Gasteiger charge is 1.98. The van der Waals surface area contributed by atoms with Gasteiger partial charge in [0.1, 0.15) is 0 Å². The summed E-state index contributed by atoms with van der Waals surface area (Å²) in [5, 5.41) is 3.13. The van der Waals surface area contributed by atoms with Gasteiger partial charge in [-0.2, -0.15) is 4.39 Å². The molecule has 0 aliphatic heterocycles. The molecule has 0 spiro atoms. The standard InChI is InChI=1S/C12H11FN2/c1-9-4-2-3-5-11(9)15-10-6-7-14-12(13)8-10/h2-8H,1H3,(H,14,15). The van der Waals surface area contributed by atoms with Crippen molar-refractivity contribution in [3.05, 3.63) is 54.1 Å². The smallest absolute Gasteiger partial charge is 0.214 e. The van der Waals surface area contributed by atoms with Gasteiger partial charge in [0.15, 0.2) is 0 Å². The molecule has 0 fully saturated rings. The molecular formula is C12H11FN2. The summed E-state index contributed by atoms with van der Waals surface area (Å²) in [5.41, 5.74) is 2.80. The molecule has 1 aromatic heterocycles. The zero-order valence-corrected chi connectivity index (χ0v) is 8.37. The quantitative estimate of drug-likeness (QED) is 0.756. The first-order valence-corrected chi connectivity index (χ1v) is 4.70. The second-order valence-electron chi connectivity index (χ2n) is 3.31. The lowest BCUT2D eigenvalue weighted by Crippen LogP contribution is -1.93. The number of para-hydroxylation sites is 1. The number of benzene rings is 1. The molecule has 1 aromatic carbocycles. The van der Waals surface area contributed by atoms with Crippen molar-refractivity contribution in [3.63, 3.8) is 0 Å². The lowest BCUT2D eigenvalue weighted by atomic mass is 10.2. The number of pyridine rings is 1. The molecule has 0 aliphatic carbocycles. The molecule has 2 nitrogen and oxygen atoms in total. The van der Waals surface area contributed by atoms with Crippen molar-refractivity contribution >= 4 is 11.4 Å². The van der Waals surface area contributed by atoms with E-state index in [-0.39, 0.29) is 0 Å². The molecule has 1 N–H and O–H groups in total. The predicted molar refractivity (Wildman–Crippen MR) is 58.7 cm³/mol. The Kier molecular flexibility index (Phi) is 2.63. The van der Waals surface area contributed by atoms with E-state index in [1.165, 1.54) is 12.3 Å². The van der Waals surface area contributed by atoms with E-state index in [2.05, 4.69) is 10.3 Å². The van der Waals surface area contributed by atoms with Crippen LogP contribution in [0.1, 0.15) is 5.56 Å². The highest BCUT2D eigenvalue weighted by atomic mass is 19.1. The number of hydrogen-bond acceptors (Lipinski definition) is 2. The molecule has 0 unspecified atom stereocenters. The lowest BCUT2D eigenvalue weighted by molar-refractivity contribution is 0.584. The Morgan fingerprint density at radius 3 is 2.73 bits per heavy atom. The van der Waals surface area contributed by atoms with E-state index < -0.39 is 5.95 Å². The molecule has 2 rings (SSSR count). The molecule has 76 valence electrons. The minimum atomic E-state index is -0.478. The second kappa shape index (κ2) is 4.09. The van der Waals surface area contributed by atoms with Crippen LogP contribution in [0.3, 0.4) is 0 Å². The van der Waals surface area contributed by atoms with E-state index in [0.717, 1.165) is 11.3 Å². The van der Waals surface area contributed by atoms with Crippen molar-refractivity contribution < 1.29 is 4.39 Å². The van der Waals surface area contributed by atoms with Gasteiger partial charge in [-0.25, -0.2) is 4.98 Å². The van der Waals surface area contributed by atoms with Crippen LogP contribution in [0.15, 0.2) is 42.6 Å². The van der Waals surface area contributed by atoms with Gasteiger partial charge >= 0.3 is 0 Å². The second-order valence-corrected chi connectivity index (χ2v) is 3.31. The monoisotopic (exact) mass is 202 g/mol. The highest BCUT2D eigenvalue weighted by molar-refractivity contribution is 5.62. The molecule has 2 aromatic rings. The predicted octanol–water partition coefficient (Wildman–Crippen LogP) is 3.27. The van der Waals surface area contributed by atoms with Crippen molar-refractivity contribution in [1.29, 1.82) is 0 Å². The molecule has 1 heterocycles. The van der Waals surface area contributed by atoms with Gasteiger partial charge in [0.2, 0.25) is 5.95 Å². The van der Waals surface area contributed by atoms with Crippen LogP contribution in [0.25, 0.3) is 0 Å². The summed E-state index contributed by atoms with van der Waals surface area (Å²) in [6.07, 6.45) is 1.44. The third-order valence-electron chi connectivity index (χ3n) is 2.15. The molecule has 0 bridgehead atoms. The highest BCUT2D eigenvalue weighted by Crippen LogP contribution is 2.19. The number of halogens is 1. The van der Waals surface area contributed by atoms with Gasteiger partial charge in [-0.15, -0.1) is 0 Å². The van der Waals surface area contributed by atoms with Crippen LogP contribution >= 0.6 is 0 Å². The van der Waals surface area contributed by atoms with Gasteiger partial charge in [0.05, 0.1) is 0 Å². The Morgan fingerprint density at radius 2 is 2.00 bits per heavy atom. The fraction of sp³-hybridized carbons (Fsp3) is 0.0833. The van der Waals surface area contributed by atoms with Crippen molar-refractivity contribution in [2.24, 2.45) is 0 Å². The van der Waals surface area contributed by atoms with Crippen LogP contribution in [-0.4, -0.2) is 4.98 Å². The van der Waals surface area contributed by atoms with Gasteiger partial charge in [0.25, 0.3) is 0 Å². The van der Waals surface area contributed by atoms with E-state index >= 15 is 0 Å². The maximum absolute atomic E-state index is 12.8. The Balaban J connectivity index is 2.26. The zero-order chi connectivity index (χ0) is 10.7. The van der Waals surface area contributed by atoms with Gasteiger partial charge in [-0.1, -0.05) is 18.2 Å². The summed E-state index contributed by atoms with van der Waals surface area (Å²) < 4.78 is 12.8. The SMILES string of the molecule is Cc1ccccc1Nc1ccnc(F)c1.